The molecule has 1 aromatic heterocycles. The molecule has 0 spiro atoms. The van der Waals surface area contributed by atoms with E-state index in [0.717, 1.165) is 10.0 Å². The van der Waals surface area contributed by atoms with E-state index in [0.29, 0.717) is 35.1 Å². The van der Waals surface area contributed by atoms with Gasteiger partial charge in [-0.1, -0.05) is 12.1 Å². The number of carbonyl (C=O) groups is 1. The lowest BCUT2D eigenvalue weighted by Crippen LogP contribution is -2.12. The van der Waals surface area contributed by atoms with Gasteiger partial charge in [-0.3, -0.25) is 4.79 Å². The highest BCUT2D eigenvalue weighted by Gasteiger charge is 2.11. The summed E-state index contributed by atoms with van der Waals surface area (Å²) in [5.74, 6) is 1.60. The maximum absolute atomic E-state index is 12.5. The number of aliphatic hydroxyl groups excluding tert-OH is 1. The van der Waals surface area contributed by atoms with E-state index in [9.17, 15) is 4.79 Å². The number of nitrogens with one attached hydrogen (secondary N) is 1. The van der Waals surface area contributed by atoms with Gasteiger partial charge in [-0.25, -0.2) is 0 Å². The molecule has 0 unspecified atom stereocenters. The van der Waals surface area contributed by atoms with Gasteiger partial charge in [0.05, 0.1) is 11.1 Å². The molecule has 1 amide bonds. The Morgan fingerprint density at radius 1 is 1.19 bits per heavy atom. The molecule has 5 nitrogen and oxygen atoms in total. The Labute approximate surface area is 159 Å². The molecule has 0 radical (unpaired) electrons. The van der Waals surface area contributed by atoms with Gasteiger partial charge >= 0.3 is 0 Å². The molecule has 1 heterocycles. The van der Waals surface area contributed by atoms with Gasteiger partial charge in [0, 0.05) is 16.8 Å². The highest BCUT2D eigenvalue weighted by atomic mass is 79.9. The number of rotatable bonds is 6. The molecular formula is C20H18BrNO4. The van der Waals surface area contributed by atoms with Gasteiger partial charge in [0.15, 0.2) is 0 Å². The quantitative estimate of drug-likeness (QED) is 0.603. The molecule has 0 aliphatic heterocycles. The van der Waals surface area contributed by atoms with Crippen molar-refractivity contribution in [2.24, 2.45) is 0 Å². The SMILES string of the molecule is CCOc1ccc(C(=O)Nc2cccc(-c3ccc(CO)o3)c2)cc1Br. The summed E-state index contributed by atoms with van der Waals surface area (Å²) in [6.07, 6.45) is 0. The lowest BCUT2D eigenvalue weighted by Gasteiger charge is -2.09. The highest BCUT2D eigenvalue weighted by Crippen LogP contribution is 2.27. The average Bonchev–Trinajstić information content (AvgIpc) is 3.13. The summed E-state index contributed by atoms with van der Waals surface area (Å²) >= 11 is 3.42. The maximum Gasteiger partial charge on any atom is 0.255 e. The Morgan fingerprint density at radius 3 is 2.73 bits per heavy atom. The molecule has 6 heteroatoms. The minimum absolute atomic E-state index is 0.150. The molecule has 26 heavy (non-hydrogen) atoms. The Morgan fingerprint density at radius 2 is 2.04 bits per heavy atom. The predicted octanol–water partition coefficient (Wildman–Crippen LogP) is 4.85. The first-order valence-corrected chi connectivity index (χ1v) is 8.93. The monoisotopic (exact) mass is 415 g/mol. The smallest absolute Gasteiger partial charge is 0.255 e. The van der Waals surface area contributed by atoms with Gasteiger partial charge in [0.25, 0.3) is 5.91 Å². The van der Waals surface area contributed by atoms with Crippen LogP contribution in [0, 0.1) is 0 Å². The maximum atomic E-state index is 12.5. The van der Waals surface area contributed by atoms with Crippen molar-refractivity contribution in [3.05, 3.63) is 70.4 Å². The Bertz CT molecular complexity index is 920. The summed E-state index contributed by atoms with van der Waals surface area (Å²) in [6.45, 7) is 2.31. The van der Waals surface area contributed by atoms with E-state index < -0.39 is 0 Å². The highest BCUT2D eigenvalue weighted by molar-refractivity contribution is 9.10. The number of ether oxygens (including phenoxy) is 1. The molecule has 0 saturated carbocycles. The molecule has 0 atom stereocenters. The standard InChI is InChI=1S/C20H18BrNO4/c1-2-25-19-8-6-14(11-17(19)21)20(24)22-15-5-3-4-13(10-15)18-9-7-16(12-23)26-18/h3-11,23H,2,12H2,1H3,(H,22,24). The van der Waals surface area contributed by atoms with Crippen LogP contribution in [0.25, 0.3) is 11.3 Å². The minimum Gasteiger partial charge on any atom is -0.493 e. The fourth-order valence-corrected chi connectivity index (χ4v) is 2.98. The fraction of sp³-hybridized carbons (Fsp3) is 0.150. The molecule has 0 aliphatic rings. The van der Waals surface area contributed by atoms with Crippen molar-refractivity contribution in [1.82, 2.24) is 0 Å². The zero-order valence-corrected chi connectivity index (χ0v) is 15.7. The number of benzene rings is 2. The van der Waals surface area contributed by atoms with Crippen molar-refractivity contribution in [3.8, 4) is 17.1 Å². The summed E-state index contributed by atoms with van der Waals surface area (Å²) in [6, 6.07) is 16.1. The van der Waals surface area contributed by atoms with Gasteiger partial charge in [-0.15, -0.1) is 0 Å². The van der Waals surface area contributed by atoms with Crippen LogP contribution in [-0.4, -0.2) is 17.6 Å². The van der Waals surface area contributed by atoms with Crippen molar-refractivity contribution in [1.29, 1.82) is 0 Å². The molecule has 3 aromatic rings. The third kappa shape index (κ3) is 4.15. The first kappa shape index (κ1) is 18.2. The van der Waals surface area contributed by atoms with Crippen LogP contribution < -0.4 is 10.1 Å². The molecule has 3 rings (SSSR count). The van der Waals surface area contributed by atoms with Crippen LogP contribution in [0.2, 0.25) is 0 Å². The zero-order valence-electron chi connectivity index (χ0n) is 14.2. The van der Waals surface area contributed by atoms with Gasteiger partial charge in [0.1, 0.15) is 23.9 Å². The molecule has 0 saturated heterocycles. The normalized spacial score (nSPS) is 10.6. The number of carbonyl (C=O) groups excluding carboxylic acids is 1. The van der Waals surface area contributed by atoms with E-state index in [-0.39, 0.29) is 12.5 Å². The minimum atomic E-state index is -0.221. The lowest BCUT2D eigenvalue weighted by atomic mass is 10.1. The third-order valence-electron chi connectivity index (χ3n) is 3.72. The van der Waals surface area contributed by atoms with E-state index in [2.05, 4.69) is 21.2 Å². The molecule has 0 aliphatic carbocycles. The van der Waals surface area contributed by atoms with Crippen LogP contribution in [0.3, 0.4) is 0 Å². The molecular weight excluding hydrogens is 398 g/mol. The van der Waals surface area contributed by atoms with Crippen molar-refractivity contribution in [2.45, 2.75) is 13.5 Å². The Balaban J connectivity index is 1.77. The second-order valence-corrected chi connectivity index (χ2v) is 6.39. The van der Waals surface area contributed by atoms with E-state index >= 15 is 0 Å². The first-order chi connectivity index (χ1) is 12.6. The predicted molar refractivity (Wildman–Crippen MR) is 103 cm³/mol. The van der Waals surface area contributed by atoms with Crippen molar-refractivity contribution >= 4 is 27.5 Å². The summed E-state index contributed by atoms with van der Waals surface area (Å²) in [5, 5.41) is 12.0. The number of hydrogen-bond donors (Lipinski definition) is 2. The van der Waals surface area contributed by atoms with Crippen LogP contribution in [-0.2, 0) is 6.61 Å². The summed E-state index contributed by atoms with van der Waals surface area (Å²) in [4.78, 5) is 12.5. The fourth-order valence-electron chi connectivity index (χ4n) is 2.49. The van der Waals surface area contributed by atoms with Crippen LogP contribution in [0.1, 0.15) is 23.0 Å². The van der Waals surface area contributed by atoms with Crippen molar-refractivity contribution in [2.75, 3.05) is 11.9 Å². The van der Waals surface area contributed by atoms with Crippen molar-refractivity contribution in [3.63, 3.8) is 0 Å². The largest absolute Gasteiger partial charge is 0.493 e. The second-order valence-electron chi connectivity index (χ2n) is 5.54. The van der Waals surface area contributed by atoms with Crippen LogP contribution in [0.4, 0.5) is 5.69 Å². The van der Waals surface area contributed by atoms with E-state index in [1.807, 2.05) is 25.1 Å². The molecule has 2 N–H and O–H groups in total. The van der Waals surface area contributed by atoms with Crippen LogP contribution in [0.15, 0.2) is 63.5 Å². The molecule has 0 bridgehead atoms. The summed E-state index contributed by atoms with van der Waals surface area (Å²) in [5.41, 5.74) is 1.99. The second kappa shape index (κ2) is 8.21. The van der Waals surface area contributed by atoms with Gasteiger partial charge in [0.2, 0.25) is 0 Å². The number of anilines is 1. The third-order valence-corrected chi connectivity index (χ3v) is 4.34. The van der Waals surface area contributed by atoms with Gasteiger partial charge < -0.3 is 19.6 Å². The zero-order chi connectivity index (χ0) is 18.5. The van der Waals surface area contributed by atoms with Gasteiger partial charge in [-0.2, -0.15) is 0 Å². The topological polar surface area (TPSA) is 71.7 Å². The van der Waals surface area contributed by atoms with E-state index in [1.165, 1.54) is 0 Å². The average molecular weight is 416 g/mol. The summed E-state index contributed by atoms with van der Waals surface area (Å²) < 4.78 is 11.7. The summed E-state index contributed by atoms with van der Waals surface area (Å²) in [7, 11) is 0. The number of aliphatic hydroxyl groups is 1. The number of furan rings is 1. The molecule has 2 aromatic carbocycles. The van der Waals surface area contributed by atoms with E-state index in [1.54, 1.807) is 36.4 Å². The van der Waals surface area contributed by atoms with Crippen LogP contribution >= 0.6 is 15.9 Å². The molecule has 134 valence electrons. The number of amides is 1. The van der Waals surface area contributed by atoms with Crippen molar-refractivity contribution < 1.29 is 19.1 Å². The van der Waals surface area contributed by atoms with E-state index in [4.69, 9.17) is 14.3 Å². The van der Waals surface area contributed by atoms with Crippen LogP contribution in [0.5, 0.6) is 5.75 Å². The Kier molecular flexibility index (Phi) is 5.75. The Hall–Kier alpha value is -2.57. The lowest BCUT2D eigenvalue weighted by molar-refractivity contribution is 0.102. The number of halogens is 1. The molecule has 0 fully saturated rings. The van der Waals surface area contributed by atoms with Gasteiger partial charge in [-0.05, 0) is 65.3 Å². The number of hydrogen-bond acceptors (Lipinski definition) is 4. The first-order valence-electron chi connectivity index (χ1n) is 8.14.